The van der Waals surface area contributed by atoms with Gasteiger partial charge in [0.1, 0.15) is 17.3 Å². The van der Waals surface area contributed by atoms with Crippen LogP contribution in [0.2, 0.25) is 0 Å². The Hall–Kier alpha value is -4.44. The maximum atomic E-state index is 14.0. The molecule has 8 nitrogen and oxygen atoms in total. The lowest BCUT2D eigenvalue weighted by Gasteiger charge is -2.24. The number of Topliss-reactive ketones (excluding diaryl/α,β-unsaturated/α-hetero) is 1. The van der Waals surface area contributed by atoms with Crippen molar-refractivity contribution in [3.8, 4) is 17.2 Å². The Morgan fingerprint density at radius 3 is 2.44 bits per heavy atom. The fourth-order valence-corrected chi connectivity index (χ4v) is 5.84. The number of thiazole rings is 1. The molecule has 1 aliphatic heterocycles. The molecule has 0 bridgehead atoms. The van der Waals surface area contributed by atoms with Crippen LogP contribution in [0.15, 0.2) is 66.2 Å². The number of aliphatic hydroxyl groups excluding tert-OH is 1. The molecule has 4 aromatic rings. The molecule has 1 saturated heterocycles. The molecule has 10 heteroatoms. The van der Waals surface area contributed by atoms with Crippen LogP contribution in [0, 0.1) is 5.82 Å². The standard InChI is InChI=1S/C33H33FN2O6S/c1-4-7-17-42-25-15-10-21(18-26(25)40-6-3)29-28(30(37)20-8-12-23(13-9-20)41-16-5-2)31(38)32(39)36(29)33-35-24-14-11-22(34)19-27(24)43-33/h8-15,18-19,29,37H,4-7,16-17H2,1-3H3/b30-28+. The minimum absolute atomic E-state index is 0.0974. The van der Waals surface area contributed by atoms with Crippen LogP contribution >= 0.6 is 11.3 Å². The Morgan fingerprint density at radius 2 is 1.72 bits per heavy atom. The van der Waals surface area contributed by atoms with E-state index in [-0.39, 0.29) is 16.5 Å². The molecule has 2 heterocycles. The number of amides is 1. The molecular formula is C33H33FN2O6S. The monoisotopic (exact) mass is 604 g/mol. The van der Waals surface area contributed by atoms with Gasteiger partial charge in [0.05, 0.1) is 41.7 Å². The van der Waals surface area contributed by atoms with Gasteiger partial charge >= 0.3 is 5.91 Å². The number of hydrogen-bond acceptors (Lipinski definition) is 8. The molecule has 0 radical (unpaired) electrons. The number of ether oxygens (including phenoxy) is 3. The first kappa shape index (κ1) is 30.0. The molecule has 1 aromatic heterocycles. The van der Waals surface area contributed by atoms with Crippen LogP contribution in [-0.4, -0.2) is 41.6 Å². The van der Waals surface area contributed by atoms with Gasteiger partial charge in [0.15, 0.2) is 16.6 Å². The number of aromatic nitrogens is 1. The molecule has 224 valence electrons. The number of benzene rings is 3. The number of halogens is 1. The smallest absolute Gasteiger partial charge is 0.301 e. The molecule has 43 heavy (non-hydrogen) atoms. The molecule has 1 aliphatic rings. The summed E-state index contributed by atoms with van der Waals surface area (Å²) in [5.74, 6) is -0.874. The third-order valence-electron chi connectivity index (χ3n) is 6.93. The lowest BCUT2D eigenvalue weighted by Crippen LogP contribution is -2.29. The lowest BCUT2D eigenvalue weighted by molar-refractivity contribution is -0.132. The zero-order chi connectivity index (χ0) is 30.5. The van der Waals surface area contributed by atoms with Crippen molar-refractivity contribution in [1.29, 1.82) is 0 Å². The molecule has 5 rings (SSSR count). The second-order valence-corrected chi connectivity index (χ2v) is 11.0. The van der Waals surface area contributed by atoms with E-state index in [1.54, 1.807) is 42.5 Å². The highest BCUT2D eigenvalue weighted by Crippen LogP contribution is 2.46. The average molecular weight is 605 g/mol. The first-order valence-corrected chi connectivity index (χ1v) is 15.2. The molecule has 0 aliphatic carbocycles. The second kappa shape index (κ2) is 13.2. The minimum Gasteiger partial charge on any atom is -0.507 e. The normalized spacial score (nSPS) is 16.2. The topological polar surface area (TPSA) is 98.2 Å². The summed E-state index contributed by atoms with van der Waals surface area (Å²) in [4.78, 5) is 33.1. The van der Waals surface area contributed by atoms with Crippen molar-refractivity contribution in [1.82, 2.24) is 4.98 Å². The summed E-state index contributed by atoms with van der Waals surface area (Å²) in [6.07, 6.45) is 2.68. The fraction of sp³-hybridized carbons (Fsp3) is 0.303. The van der Waals surface area contributed by atoms with Crippen LogP contribution in [0.1, 0.15) is 57.2 Å². The first-order valence-electron chi connectivity index (χ1n) is 14.4. The largest absolute Gasteiger partial charge is 0.507 e. The van der Waals surface area contributed by atoms with Crippen LogP contribution in [0.3, 0.4) is 0 Å². The molecule has 1 atom stereocenters. The van der Waals surface area contributed by atoms with Crippen molar-refractivity contribution in [3.63, 3.8) is 0 Å². The number of aliphatic hydroxyl groups is 1. The number of carbonyl (C=O) groups excluding carboxylic acids is 2. The average Bonchev–Trinajstić information content (AvgIpc) is 3.54. The number of fused-ring (bicyclic) bond motifs is 1. The van der Waals surface area contributed by atoms with Gasteiger partial charge in [0.25, 0.3) is 5.78 Å². The predicted molar refractivity (Wildman–Crippen MR) is 165 cm³/mol. The maximum absolute atomic E-state index is 14.0. The van der Waals surface area contributed by atoms with Gasteiger partial charge < -0.3 is 19.3 Å². The number of carbonyl (C=O) groups is 2. The van der Waals surface area contributed by atoms with E-state index in [2.05, 4.69) is 11.9 Å². The summed E-state index contributed by atoms with van der Waals surface area (Å²) in [7, 11) is 0. The highest BCUT2D eigenvalue weighted by Gasteiger charge is 2.48. The van der Waals surface area contributed by atoms with Gasteiger partial charge in [-0.25, -0.2) is 9.37 Å². The van der Waals surface area contributed by atoms with E-state index in [0.29, 0.717) is 58.4 Å². The number of hydrogen-bond donors (Lipinski definition) is 1. The molecule has 1 N–H and O–H groups in total. The molecule has 1 amide bonds. The van der Waals surface area contributed by atoms with E-state index < -0.39 is 23.5 Å². The molecule has 1 unspecified atom stereocenters. The zero-order valence-corrected chi connectivity index (χ0v) is 25.1. The van der Waals surface area contributed by atoms with Gasteiger partial charge in [0, 0.05) is 5.56 Å². The number of nitrogens with zero attached hydrogens (tertiary/aromatic N) is 2. The molecule has 1 fully saturated rings. The summed E-state index contributed by atoms with van der Waals surface area (Å²) < 4.78 is 32.0. The van der Waals surface area contributed by atoms with Crippen LogP contribution in [-0.2, 0) is 9.59 Å². The quantitative estimate of drug-likeness (QED) is 0.0777. The van der Waals surface area contributed by atoms with E-state index in [1.165, 1.54) is 23.1 Å². The number of rotatable bonds is 12. The van der Waals surface area contributed by atoms with Gasteiger partial charge in [0.2, 0.25) is 0 Å². The van der Waals surface area contributed by atoms with Gasteiger partial charge in [-0.3, -0.25) is 14.5 Å². The zero-order valence-electron chi connectivity index (χ0n) is 24.3. The van der Waals surface area contributed by atoms with E-state index in [9.17, 15) is 19.1 Å². The van der Waals surface area contributed by atoms with Crippen molar-refractivity contribution in [2.45, 2.75) is 46.1 Å². The van der Waals surface area contributed by atoms with Crippen LogP contribution in [0.5, 0.6) is 17.2 Å². The van der Waals surface area contributed by atoms with E-state index in [0.717, 1.165) is 30.6 Å². The number of anilines is 1. The Bertz CT molecular complexity index is 1670. The highest BCUT2D eigenvalue weighted by atomic mass is 32.1. The highest BCUT2D eigenvalue weighted by molar-refractivity contribution is 7.22. The lowest BCUT2D eigenvalue weighted by atomic mass is 9.95. The van der Waals surface area contributed by atoms with Crippen molar-refractivity contribution in [2.75, 3.05) is 24.7 Å². The molecule has 0 saturated carbocycles. The van der Waals surface area contributed by atoms with Gasteiger partial charge in [-0.2, -0.15) is 0 Å². The van der Waals surface area contributed by atoms with Crippen LogP contribution in [0.4, 0.5) is 9.52 Å². The van der Waals surface area contributed by atoms with Crippen molar-refractivity contribution < 1.29 is 33.3 Å². The molecule has 0 spiro atoms. The van der Waals surface area contributed by atoms with Crippen LogP contribution < -0.4 is 19.1 Å². The third-order valence-corrected chi connectivity index (χ3v) is 7.95. The van der Waals surface area contributed by atoms with Crippen molar-refractivity contribution in [3.05, 3.63) is 83.2 Å². The predicted octanol–water partition coefficient (Wildman–Crippen LogP) is 7.43. The maximum Gasteiger partial charge on any atom is 0.301 e. The number of ketones is 1. The second-order valence-electron chi connectivity index (χ2n) is 9.99. The van der Waals surface area contributed by atoms with E-state index in [1.807, 2.05) is 13.8 Å². The minimum atomic E-state index is -1.04. The van der Waals surface area contributed by atoms with Crippen molar-refractivity contribution in [2.24, 2.45) is 0 Å². The first-order chi connectivity index (χ1) is 20.9. The van der Waals surface area contributed by atoms with Gasteiger partial charge in [-0.1, -0.05) is 37.7 Å². The summed E-state index contributed by atoms with van der Waals surface area (Å²) in [5, 5.41) is 11.7. The van der Waals surface area contributed by atoms with Gasteiger partial charge in [-0.15, -0.1) is 0 Å². The van der Waals surface area contributed by atoms with E-state index >= 15 is 0 Å². The summed E-state index contributed by atoms with van der Waals surface area (Å²) in [6.45, 7) is 7.34. The Kier molecular flexibility index (Phi) is 9.25. The fourth-order valence-electron chi connectivity index (χ4n) is 4.83. The van der Waals surface area contributed by atoms with Crippen LogP contribution in [0.25, 0.3) is 16.0 Å². The van der Waals surface area contributed by atoms with Gasteiger partial charge in [-0.05, 0) is 79.9 Å². The Labute approximate surface area is 253 Å². The summed E-state index contributed by atoms with van der Waals surface area (Å²) in [6, 6.07) is 15.0. The molecule has 3 aromatic carbocycles. The van der Waals surface area contributed by atoms with E-state index in [4.69, 9.17) is 14.2 Å². The summed E-state index contributed by atoms with van der Waals surface area (Å²) in [5.41, 5.74) is 1.25. The van der Waals surface area contributed by atoms with Crippen molar-refractivity contribution >= 4 is 44.1 Å². The number of unbranched alkanes of at least 4 members (excludes halogenated alkanes) is 1. The Morgan fingerprint density at radius 1 is 0.930 bits per heavy atom. The summed E-state index contributed by atoms with van der Waals surface area (Å²) >= 11 is 1.09. The third kappa shape index (κ3) is 6.19. The SMILES string of the molecule is CCCCOc1ccc(C2/C(=C(\O)c3ccc(OCCC)cc3)C(=O)C(=O)N2c2nc3ccc(F)cc3s2)cc1OCC. The molecular weight excluding hydrogens is 571 g/mol. The Balaban J connectivity index is 1.65.